The number of amides is 1. The Bertz CT molecular complexity index is 1160. The molecular weight excluding hydrogens is 465 g/mol. The summed E-state index contributed by atoms with van der Waals surface area (Å²) in [4.78, 5) is 19.1. The number of hydrogen-bond donors (Lipinski definition) is 1. The summed E-state index contributed by atoms with van der Waals surface area (Å²) >= 11 is 0. The Kier molecular flexibility index (Phi) is 6.63. The summed E-state index contributed by atoms with van der Waals surface area (Å²) in [6.07, 6.45) is -2.81. The molecule has 1 unspecified atom stereocenters. The molecule has 4 rings (SSSR count). The molecule has 2 aliphatic rings. The van der Waals surface area contributed by atoms with Gasteiger partial charge in [0, 0.05) is 18.0 Å². The maximum Gasteiger partial charge on any atom is 0.414 e. The van der Waals surface area contributed by atoms with Crippen molar-refractivity contribution in [2.75, 3.05) is 20.7 Å². The quantitative estimate of drug-likeness (QED) is 0.628. The molecule has 0 radical (unpaired) electrons. The predicted molar refractivity (Wildman–Crippen MR) is 120 cm³/mol. The number of para-hydroxylation sites is 1. The van der Waals surface area contributed by atoms with Gasteiger partial charge in [0.05, 0.1) is 24.8 Å². The molecule has 1 N–H and O–H groups in total. The van der Waals surface area contributed by atoms with Crippen LogP contribution in [0.2, 0.25) is 0 Å². The first kappa shape index (κ1) is 24.8. The van der Waals surface area contributed by atoms with Crippen LogP contribution in [-0.2, 0) is 16.1 Å². The fraction of sp³-hybridized carbons (Fsp3) is 0.458. The van der Waals surface area contributed by atoms with Crippen LogP contribution in [0.3, 0.4) is 0 Å². The third kappa shape index (κ3) is 5.04. The largest absolute Gasteiger partial charge is 0.496 e. The average molecular weight is 492 g/mol. The second-order valence-electron chi connectivity index (χ2n) is 9.18. The number of allylic oxidation sites excluding steroid dienone is 1. The number of methoxy groups -OCH3 is 1. The van der Waals surface area contributed by atoms with Crippen LogP contribution in [0, 0.1) is 5.41 Å². The SMILES string of the molecule is CN[C@H]1CC=C(OC2C(=O)N(Cc3noc(-c4ccccc4OC)n3)CC2(C)C)C=C1C(F)(F)F. The highest BCUT2D eigenvalue weighted by Crippen LogP contribution is 2.38. The second kappa shape index (κ2) is 9.37. The number of carbonyl (C=O) groups is 1. The fourth-order valence-corrected chi connectivity index (χ4v) is 4.36. The number of halogens is 3. The maximum absolute atomic E-state index is 13.5. The summed E-state index contributed by atoms with van der Waals surface area (Å²) in [5.74, 6) is 0.811. The first-order chi connectivity index (χ1) is 16.5. The van der Waals surface area contributed by atoms with Crippen molar-refractivity contribution in [3.8, 4) is 17.2 Å². The molecule has 1 saturated heterocycles. The van der Waals surface area contributed by atoms with Gasteiger partial charge in [-0.15, -0.1) is 0 Å². The molecule has 188 valence electrons. The van der Waals surface area contributed by atoms with Crippen molar-refractivity contribution >= 4 is 5.91 Å². The average Bonchev–Trinajstić information content (AvgIpc) is 3.36. The second-order valence-corrected chi connectivity index (χ2v) is 9.18. The molecule has 1 aliphatic heterocycles. The van der Waals surface area contributed by atoms with E-state index in [4.69, 9.17) is 14.0 Å². The van der Waals surface area contributed by atoms with Gasteiger partial charge in [0.1, 0.15) is 11.5 Å². The van der Waals surface area contributed by atoms with E-state index in [1.807, 2.05) is 26.0 Å². The van der Waals surface area contributed by atoms with E-state index in [0.29, 0.717) is 23.7 Å². The van der Waals surface area contributed by atoms with Crippen molar-refractivity contribution in [3.05, 3.63) is 53.6 Å². The van der Waals surface area contributed by atoms with Crippen LogP contribution < -0.4 is 10.1 Å². The van der Waals surface area contributed by atoms with Crippen LogP contribution >= 0.6 is 0 Å². The topological polar surface area (TPSA) is 89.7 Å². The van der Waals surface area contributed by atoms with Gasteiger partial charge in [0.25, 0.3) is 11.8 Å². The number of aromatic nitrogens is 2. The van der Waals surface area contributed by atoms with Crippen LogP contribution in [0.25, 0.3) is 11.5 Å². The summed E-state index contributed by atoms with van der Waals surface area (Å²) in [6, 6.07) is 6.32. The lowest BCUT2D eigenvalue weighted by molar-refractivity contribution is -0.137. The zero-order valence-corrected chi connectivity index (χ0v) is 19.8. The molecule has 1 amide bonds. The summed E-state index contributed by atoms with van der Waals surface area (Å²) in [6.45, 7) is 4.06. The maximum atomic E-state index is 13.5. The van der Waals surface area contributed by atoms with Gasteiger partial charge in [-0.3, -0.25) is 4.79 Å². The molecule has 1 aliphatic carbocycles. The van der Waals surface area contributed by atoms with Gasteiger partial charge < -0.3 is 24.2 Å². The minimum atomic E-state index is -4.50. The van der Waals surface area contributed by atoms with Crippen molar-refractivity contribution in [1.82, 2.24) is 20.4 Å². The Balaban J connectivity index is 1.49. The minimum Gasteiger partial charge on any atom is -0.496 e. The van der Waals surface area contributed by atoms with Gasteiger partial charge in [-0.1, -0.05) is 31.1 Å². The molecule has 0 saturated carbocycles. The van der Waals surface area contributed by atoms with Gasteiger partial charge in [-0.2, -0.15) is 18.2 Å². The summed E-state index contributed by atoms with van der Waals surface area (Å²) in [5.41, 5.74) is -0.758. The van der Waals surface area contributed by atoms with E-state index >= 15 is 0 Å². The number of ether oxygens (including phenoxy) is 2. The molecule has 2 aromatic rings. The van der Waals surface area contributed by atoms with Crippen LogP contribution in [0.1, 0.15) is 26.1 Å². The van der Waals surface area contributed by atoms with Gasteiger partial charge in [0.15, 0.2) is 11.9 Å². The Morgan fingerprint density at radius 3 is 2.71 bits per heavy atom. The fourth-order valence-electron chi connectivity index (χ4n) is 4.36. The van der Waals surface area contributed by atoms with Crippen LogP contribution in [0.5, 0.6) is 5.75 Å². The number of likely N-dealkylation sites (tertiary alicyclic amines) is 1. The van der Waals surface area contributed by atoms with Crippen LogP contribution in [-0.4, -0.2) is 60.0 Å². The number of likely N-dealkylation sites (N-methyl/N-ethyl adjacent to an activating group) is 1. The standard InChI is InChI=1S/C24H27F3N4O4/c1-23(2)13-31(12-19-29-21(35-30-19)15-7-5-6-8-18(15)33-4)22(32)20(23)34-14-9-10-17(28-3)16(11-14)24(25,26)27/h5-9,11,17,20,28H,10,12-13H2,1-4H3/t17-,20?/m0/s1. The number of nitrogens with zero attached hydrogens (tertiary/aromatic N) is 3. The number of benzene rings is 1. The third-order valence-corrected chi connectivity index (χ3v) is 6.14. The van der Waals surface area contributed by atoms with Gasteiger partial charge in [-0.25, -0.2) is 0 Å². The number of rotatable bonds is 7. The Morgan fingerprint density at radius 1 is 1.29 bits per heavy atom. The van der Waals surface area contributed by atoms with Crippen LogP contribution in [0.4, 0.5) is 13.2 Å². The summed E-state index contributed by atoms with van der Waals surface area (Å²) in [5, 5.41) is 6.64. The van der Waals surface area contributed by atoms with E-state index in [-0.39, 0.29) is 30.5 Å². The number of carbonyl (C=O) groups excluding carboxylic acids is 1. The molecule has 1 aromatic heterocycles. The van der Waals surface area contributed by atoms with Crippen molar-refractivity contribution in [3.63, 3.8) is 0 Å². The minimum absolute atomic E-state index is 0.0371. The molecule has 1 fully saturated rings. The van der Waals surface area contributed by atoms with E-state index < -0.39 is 29.3 Å². The van der Waals surface area contributed by atoms with Crippen molar-refractivity contribution in [1.29, 1.82) is 0 Å². The molecular formula is C24H27F3N4O4. The van der Waals surface area contributed by atoms with Crippen molar-refractivity contribution in [2.45, 2.75) is 45.1 Å². The predicted octanol–water partition coefficient (Wildman–Crippen LogP) is 3.86. The number of nitrogens with one attached hydrogen (secondary N) is 1. The molecule has 35 heavy (non-hydrogen) atoms. The molecule has 0 spiro atoms. The third-order valence-electron chi connectivity index (χ3n) is 6.14. The van der Waals surface area contributed by atoms with Gasteiger partial charge in [-0.05, 0) is 37.8 Å². The van der Waals surface area contributed by atoms with E-state index in [9.17, 15) is 18.0 Å². The zero-order valence-electron chi connectivity index (χ0n) is 19.8. The number of hydrogen-bond acceptors (Lipinski definition) is 7. The zero-order chi connectivity index (χ0) is 25.4. The molecule has 11 heteroatoms. The molecule has 0 bridgehead atoms. The van der Waals surface area contributed by atoms with E-state index in [1.54, 1.807) is 18.2 Å². The van der Waals surface area contributed by atoms with Gasteiger partial charge >= 0.3 is 6.18 Å². The lowest BCUT2D eigenvalue weighted by Crippen LogP contribution is -2.37. The lowest BCUT2D eigenvalue weighted by Gasteiger charge is -2.29. The molecule has 8 nitrogen and oxygen atoms in total. The normalized spacial score (nSPS) is 22.1. The highest BCUT2D eigenvalue weighted by Gasteiger charge is 2.49. The summed E-state index contributed by atoms with van der Waals surface area (Å²) in [7, 11) is 3.01. The Labute approximate surface area is 200 Å². The number of alkyl halides is 3. The molecule has 2 atom stereocenters. The van der Waals surface area contributed by atoms with E-state index in [0.717, 1.165) is 6.08 Å². The first-order valence-corrected chi connectivity index (χ1v) is 11.1. The molecule has 2 heterocycles. The highest BCUT2D eigenvalue weighted by atomic mass is 19.4. The smallest absolute Gasteiger partial charge is 0.414 e. The Morgan fingerprint density at radius 2 is 2.03 bits per heavy atom. The first-order valence-electron chi connectivity index (χ1n) is 11.1. The van der Waals surface area contributed by atoms with E-state index in [2.05, 4.69) is 15.5 Å². The lowest BCUT2D eigenvalue weighted by atomic mass is 9.89. The van der Waals surface area contributed by atoms with Crippen molar-refractivity contribution < 1.29 is 32.0 Å². The highest BCUT2D eigenvalue weighted by molar-refractivity contribution is 5.84. The monoisotopic (exact) mass is 492 g/mol. The van der Waals surface area contributed by atoms with Crippen molar-refractivity contribution in [2.24, 2.45) is 5.41 Å². The molecule has 1 aromatic carbocycles. The Hall–Kier alpha value is -3.34. The van der Waals surface area contributed by atoms with Crippen LogP contribution in [0.15, 0.2) is 52.3 Å². The van der Waals surface area contributed by atoms with Gasteiger partial charge in [0.2, 0.25) is 0 Å². The van der Waals surface area contributed by atoms with E-state index in [1.165, 1.54) is 19.1 Å². The summed E-state index contributed by atoms with van der Waals surface area (Å²) < 4.78 is 57.0.